The van der Waals surface area contributed by atoms with Crippen molar-refractivity contribution in [3.8, 4) is 0 Å². The molecule has 0 spiro atoms. The maximum absolute atomic E-state index is 12.9. The van der Waals surface area contributed by atoms with Crippen LogP contribution in [0.3, 0.4) is 0 Å². The van der Waals surface area contributed by atoms with E-state index in [1.165, 1.54) is 0 Å². The van der Waals surface area contributed by atoms with E-state index in [-0.39, 0.29) is 5.95 Å². The third-order valence-corrected chi connectivity index (χ3v) is 3.08. The first kappa shape index (κ1) is 14.9. The first-order valence-corrected chi connectivity index (χ1v) is 6.92. The van der Waals surface area contributed by atoms with Crippen molar-refractivity contribution in [2.75, 3.05) is 23.3 Å². The summed E-state index contributed by atoms with van der Waals surface area (Å²) >= 11 is 0. The predicted octanol–water partition coefficient (Wildman–Crippen LogP) is 3.31. The number of anilines is 2. The summed E-state index contributed by atoms with van der Waals surface area (Å²) in [5.41, 5.74) is -0.889. The van der Waals surface area contributed by atoms with Gasteiger partial charge in [0.1, 0.15) is 5.82 Å². The molecule has 0 atom stereocenters. The van der Waals surface area contributed by atoms with Crippen LogP contribution in [0.2, 0.25) is 0 Å². The summed E-state index contributed by atoms with van der Waals surface area (Å²) in [4.78, 5) is 9.72. The van der Waals surface area contributed by atoms with Crippen molar-refractivity contribution in [2.45, 2.75) is 45.3 Å². The van der Waals surface area contributed by atoms with Crippen LogP contribution in [0.4, 0.5) is 24.9 Å². The van der Waals surface area contributed by atoms with Crippen LogP contribution in [0.1, 0.15) is 38.8 Å². The number of nitrogens with zero attached hydrogens (tertiary/aromatic N) is 3. The molecule has 1 aliphatic rings. The fourth-order valence-corrected chi connectivity index (χ4v) is 2.08. The van der Waals surface area contributed by atoms with Crippen LogP contribution in [0.5, 0.6) is 0 Å². The van der Waals surface area contributed by atoms with Crippen LogP contribution in [-0.4, -0.2) is 29.1 Å². The lowest BCUT2D eigenvalue weighted by atomic mass is 10.3. The van der Waals surface area contributed by atoms with Gasteiger partial charge in [-0.2, -0.15) is 18.2 Å². The van der Waals surface area contributed by atoms with Crippen molar-refractivity contribution in [2.24, 2.45) is 0 Å². The molecule has 1 heterocycles. The molecule has 1 fully saturated rings. The van der Waals surface area contributed by atoms with Crippen LogP contribution < -0.4 is 10.2 Å². The van der Waals surface area contributed by atoms with Crippen molar-refractivity contribution < 1.29 is 13.2 Å². The van der Waals surface area contributed by atoms with Crippen LogP contribution in [-0.2, 0) is 6.18 Å². The van der Waals surface area contributed by atoms with Gasteiger partial charge < -0.3 is 10.2 Å². The summed E-state index contributed by atoms with van der Waals surface area (Å²) in [6, 6.07) is 1.37. The molecule has 1 aliphatic carbocycles. The molecule has 0 aromatic carbocycles. The number of halogens is 3. The minimum atomic E-state index is -4.46. The highest BCUT2D eigenvalue weighted by Crippen LogP contribution is 2.34. The number of hydrogen-bond acceptors (Lipinski definition) is 4. The highest BCUT2D eigenvalue weighted by molar-refractivity contribution is 5.47. The van der Waals surface area contributed by atoms with Gasteiger partial charge in [-0.15, -0.1) is 0 Å². The fraction of sp³-hybridized carbons (Fsp3) is 0.692. The number of alkyl halides is 3. The normalized spacial score (nSPS) is 15.2. The Hall–Kier alpha value is -1.53. The zero-order valence-electron chi connectivity index (χ0n) is 11.7. The Morgan fingerprint density at radius 1 is 1.30 bits per heavy atom. The van der Waals surface area contributed by atoms with E-state index in [9.17, 15) is 13.2 Å². The molecule has 20 heavy (non-hydrogen) atoms. The van der Waals surface area contributed by atoms with Gasteiger partial charge in [0.2, 0.25) is 5.95 Å². The fourth-order valence-electron chi connectivity index (χ4n) is 2.08. The Bertz CT molecular complexity index is 457. The monoisotopic (exact) mass is 288 g/mol. The largest absolute Gasteiger partial charge is 0.433 e. The van der Waals surface area contributed by atoms with Crippen LogP contribution >= 0.6 is 0 Å². The van der Waals surface area contributed by atoms with E-state index < -0.39 is 11.9 Å². The van der Waals surface area contributed by atoms with E-state index in [1.807, 2.05) is 11.8 Å². The van der Waals surface area contributed by atoms with Gasteiger partial charge in [0, 0.05) is 25.2 Å². The van der Waals surface area contributed by atoms with Crippen LogP contribution in [0.15, 0.2) is 6.07 Å². The molecule has 0 aliphatic heterocycles. The van der Waals surface area contributed by atoms with E-state index in [1.54, 1.807) is 6.92 Å². The zero-order valence-corrected chi connectivity index (χ0v) is 11.7. The maximum Gasteiger partial charge on any atom is 0.433 e. The van der Waals surface area contributed by atoms with E-state index in [4.69, 9.17) is 0 Å². The number of nitrogens with one attached hydrogen (secondary N) is 1. The van der Waals surface area contributed by atoms with Crippen molar-refractivity contribution in [3.05, 3.63) is 11.8 Å². The second kappa shape index (κ2) is 5.85. The second-order valence-corrected chi connectivity index (χ2v) is 4.89. The van der Waals surface area contributed by atoms with E-state index in [0.29, 0.717) is 24.9 Å². The molecular weight excluding hydrogens is 269 g/mol. The average molecular weight is 288 g/mol. The molecule has 0 saturated heterocycles. The molecule has 7 heteroatoms. The van der Waals surface area contributed by atoms with Crippen LogP contribution in [0.25, 0.3) is 0 Å². The minimum absolute atomic E-state index is 0.0408. The van der Waals surface area contributed by atoms with Gasteiger partial charge in [-0.05, 0) is 26.2 Å². The minimum Gasteiger partial charge on any atom is -0.354 e. The Balaban J connectivity index is 2.36. The van der Waals surface area contributed by atoms with Gasteiger partial charge in [0.05, 0.1) is 0 Å². The molecule has 1 aromatic rings. The van der Waals surface area contributed by atoms with E-state index >= 15 is 0 Å². The quantitative estimate of drug-likeness (QED) is 0.872. The molecule has 1 aromatic heterocycles. The third kappa shape index (κ3) is 3.52. The standard InChI is InChI=1S/C13H19F3N4/c1-3-7-20(9-5-6-9)11-8-10(13(14,15)16)18-12(19-11)17-4-2/h8-9H,3-7H2,1-2H3,(H,17,18,19). The first-order chi connectivity index (χ1) is 9.45. The summed E-state index contributed by atoms with van der Waals surface area (Å²) in [5.74, 6) is 0.409. The molecule has 0 unspecified atom stereocenters. The Morgan fingerprint density at radius 3 is 2.50 bits per heavy atom. The van der Waals surface area contributed by atoms with Gasteiger partial charge in [-0.25, -0.2) is 4.98 Å². The van der Waals surface area contributed by atoms with E-state index in [2.05, 4.69) is 15.3 Å². The van der Waals surface area contributed by atoms with Gasteiger partial charge in [0.25, 0.3) is 0 Å². The summed E-state index contributed by atoms with van der Waals surface area (Å²) in [6.07, 6.45) is -1.55. The molecule has 112 valence electrons. The molecule has 1 saturated carbocycles. The molecule has 2 rings (SSSR count). The Kier molecular flexibility index (Phi) is 4.35. The molecule has 4 nitrogen and oxygen atoms in total. The Labute approximate surface area is 116 Å². The summed E-state index contributed by atoms with van der Waals surface area (Å²) in [6.45, 7) is 5.00. The summed E-state index contributed by atoms with van der Waals surface area (Å²) < 4.78 is 38.8. The first-order valence-electron chi connectivity index (χ1n) is 6.92. The molecule has 1 N–H and O–H groups in total. The lowest BCUT2D eigenvalue weighted by Crippen LogP contribution is -2.28. The van der Waals surface area contributed by atoms with Crippen molar-refractivity contribution in [1.82, 2.24) is 9.97 Å². The topological polar surface area (TPSA) is 41.1 Å². The molecule has 0 amide bonds. The highest BCUT2D eigenvalue weighted by Gasteiger charge is 2.36. The summed E-state index contributed by atoms with van der Waals surface area (Å²) in [7, 11) is 0. The lowest BCUT2D eigenvalue weighted by Gasteiger charge is -2.24. The lowest BCUT2D eigenvalue weighted by molar-refractivity contribution is -0.141. The van der Waals surface area contributed by atoms with Gasteiger partial charge >= 0.3 is 6.18 Å². The molecule has 0 radical (unpaired) electrons. The number of hydrogen-bond donors (Lipinski definition) is 1. The predicted molar refractivity (Wildman–Crippen MR) is 71.9 cm³/mol. The summed E-state index contributed by atoms with van der Waals surface area (Å²) in [5, 5.41) is 2.77. The van der Waals surface area contributed by atoms with E-state index in [0.717, 1.165) is 25.3 Å². The molecular formula is C13H19F3N4. The maximum atomic E-state index is 12.9. The Morgan fingerprint density at radius 2 is 2.00 bits per heavy atom. The SMILES string of the molecule is CCCN(c1cc(C(F)(F)F)nc(NCC)n1)C1CC1. The average Bonchev–Trinajstić information content (AvgIpc) is 3.19. The van der Waals surface area contributed by atoms with Crippen molar-refractivity contribution in [3.63, 3.8) is 0 Å². The van der Waals surface area contributed by atoms with Gasteiger partial charge in [-0.1, -0.05) is 6.92 Å². The van der Waals surface area contributed by atoms with Gasteiger partial charge in [-0.3, -0.25) is 0 Å². The highest BCUT2D eigenvalue weighted by atomic mass is 19.4. The van der Waals surface area contributed by atoms with Crippen molar-refractivity contribution in [1.29, 1.82) is 0 Å². The molecule has 0 bridgehead atoms. The second-order valence-electron chi connectivity index (χ2n) is 4.89. The number of aromatic nitrogens is 2. The smallest absolute Gasteiger partial charge is 0.354 e. The zero-order chi connectivity index (χ0) is 14.8. The van der Waals surface area contributed by atoms with Gasteiger partial charge in [0.15, 0.2) is 5.69 Å². The number of rotatable bonds is 6. The van der Waals surface area contributed by atoms with Crippen LogP contribution in [0, 0.1) is 0 Å². The van der Waals surface area contributed by atoms with Crippen molar-refractivity contribution >= 4 is 11.8 Å². The third-order valence-electron chi connectivity index (χ3n) is 3.08.